The number of aromatic amines is 2. The summed E-state index contributed by atoms with van der Waals surface area (Å²) in [5.41, 5.74) is 7.05. The van der Waals surface area contributed by atoms with Crippen LogP contribution in [0.3, 0.4) is 0 Å². The van der Waals surface area contributed by atoms with Crippen LogP contribution in [0.25, 0.3) is 0 Å². The van der Waals surface area contributed by atoms with Crippen molar-refractivity contribution in [1.29, 1.82) is 0 Å². The van der Waals surface area contributed by atoms with Gasteiger partial charge < -0.3 is 5.73 Å². The van der Waals surface area contributed by atoms with Crippen molar-refractivity contribution >= 4 is 0 Å². The van der Waals surface area contributed by atoms with Crippen LogP contribution in [0.2, 0.25) is 0 Å². The minimum atomic E-state index is -0.0681. The highest BCUT2D eigenvalue weighted by Crippen LogP contribution is 2.26. The van der Waals surface area contributed by atoms with Crippen molar-refractivity contribution in [3.05, 3.63) is 44.2 Å². The van der Waals surface area contributed by atoms with E-state index in [4.69, 9.17) is 5.73 Å². The summed E-state index contributed by atoms with van der Waals surface area (Å²) in [5.74, 6) is 0.000626. The molecule has 0 saturated heterocycles. The van der Waals surface area contributed by atoms with E-state index >= 15 is 0 Å². The highest BCUT2D eigenvalue weighted by Gasteiger charge is 2.19. The third kappa shape index (κ3) is 3.79. The second-order valence-electron chi connectivity index (χ2n) is 5.76. The molecule has 122 valence electrons. The molecular weight excluding hydrogens is 282 g/mol. The molecule has 0 aliphatic rings. The summed E-state index contributed by atoms with van der Waals surface area (Å²) in [6.45, 7) is 0.724. The van der Waals surface area contributed by atoms with Crippen molar-refractivity contribution in [2.75, 3.05) is 6.54 Å². The van der Waals surface area contributed by atoms with Crippen LogP contribution in [0.4, 0.5) is 0 Å². The Balaban J connectivity index is 2.17. The largest absolute Gasteiger partial charge is 0.330 e. The van der Waals surface area contributed by atoms with Crippen LogP contribution in [-0.4, -0.2) is 26.1 Å². The fourth-order valence-electron chi connectivity index (χ4n) is 2.70. The zero-order valence-corrected chi connectivity index (χ0v) is 13.3. The molecule has 0 bridgehead atoms. The molecule has 0 atom stereocenters. The Hall–Kier alpha value is -2.02. The molecule has 22 heavy (non-hydrogen) atoms. The smallest absolute Gasteiger partial charge is 0.266 e. The van der Waals surface area contributed by atoms with Gasteiger partial charge >= 0.3 is 0 Å². The van der Waals surface area contributed by atoms with Crippen molar-refractivity contribution in [2.45, 2.75) is 38.0 Å². The predicted octanol–water partition coefficient (Wildman–Crippen LogP) is 0.781. The molecule has 7 nitrogen and oxygen atoms in total. The molecule has 2 aromatic heterocycles. The van der Waals surface area contributed by atoms with Gasteiger partial charge in [-0.2, -0.15) is 0 Å². The Morgan fingerprint density at radius 1 is 0.955 bits per heavy atom. The van der Waals surface area contributed by atoms with E-state index < -0.39 is 0 Å². The average molecular weight is 307 g/mol. The standard InChI is InChI=1S/C15H25N5O2/c1-19-14(21)9-12(17-19)11(7-5-3-4-6-8-16)13-10-15(22)20(2)18-13/h9-11,17-18H,3-8,16H2,1-2H3. The van der Waals surface area contributed by atoms with Crippen LogP contribution in [0, 0.1) is 0 Å². The number of nitrogens with one attached hydrogen (secondary N) is 2. The zero-order valence-electron chi connectivity index (χ0n) is 13.3. The molecule has 2 rings (SSSR count). The number of unbranched alkanes of at least 4 members (excludes halogenated alkanes) is 3. The van der Waals surface area contributed by atoms with E-state index in [-0.39, 0.29) is 17.0 Å². The molecule has 7 heteroatoms. The molecule has 2 heterocycles. The lowest BCUT2D eigenvalue weighted by Gasteiger charge is -2.14. The van der Waals surface area contributed by atoms with E-state index in [0.717, 1.165) is 50.0 Å². The number of aryl methyl sites for hydroxylation is 2. The molecule has 0 saturated carbocycles. The molecule has 0 spiro atoms. The molecule has 4 N–H and O–H groups in total. The SMILES string of the molecule is Cn1[nH]c(C(CCCCCCN)c2cc(=O)n(C)[nH]2)cc1=O. The fourth-order valence-corrected chi connectivity index (χ4v) is 2.70. The van der Waals surface area contributed by atoms with Gasteiger partial charge in [0.05, 0.1) is 0 Å². The first-order chi connectivity index (χ1) is 10.5. The predicted molar refractivity (Wildman–Crippen MR) is 86.0 cm³/mol. The van der Waals surface area contributed by atoms with Gasteiger partial charge in [-0.25, -0.2) is 0 Å². The quantitative estimate of drug-likeness (QED) is 0.628. The second kappa shape index (κ2) is 7.31. The molecule has 0 aromatic carbocycles. The van der Waals surface area contributed by atoms with Gasteiger partial charge in [0.25, 0.3) is 11.1 Å². The number of hydrogen-bond acceptors (Lipinski definition) is 3. The van der Waals surface area contributed by atoms with Gasteiger partial charge in [-0.3, -0.25) is 29.2 Å². The van der Waals surface area contributed by atoms with Crippen LogP contribution in [0.5, 0.6) is 0 Å². The van der Waals surface area contributed by atoms with Crippen molar-refractivity contribution in [2.24, 2.45) is 19.8 Å². The average Bonchev–Trinajstić information content (AvgIpc) is 2.97. The van der Waals surface area contributed by atoms with Crippen LogP contribution in [0.1, 0.15) is 49.4 Å². The number of H-pyrrole nitrogens is 2. The molecular formula is C15H25N5O2. The highest BCUT2D eigenvalue weighted by atomic mass is 16.1. The Labute approximate surface area is 129 Å². The first-order valence-corrected chi connectivity index (χ1v) is 7.75. The first-order valence-electron chi connectivity index (χ1n) is 7.75. The van der Waals surface area contributed by atoms with E-state index in [9.17, 15) is 9.59 Å². The number of hydrogen-bond donors (Lipinski definition) is 3. The van der Waals surface area contributed by atoms with E-state index in [2.05, 4.69) is 10.2 Å². The van der Waals surface area contributed by atoms with Gasteiger partial charge in [0.1, 0.15) is 0 Å². The van der Waals surface area contributed by atoms with Gasteiger partial charge in [-0.1, -0.05) is 19.3 Å². The van der Waals surface area contributed by atoms with E-state index in [0.29, 0.717) is 0 Å². The summed E-state index contributed by atoms with van der Waals surface area (Å²) < 4.78 is 2.91. The van der Waals surface area contributed by atoms with E-state index in [1.165, 1.54) is 9.36 Å². The van der Waals surface area contributed by atoms with Crippen molar-refractivity contribution in [3.63, 3.8) is 0 Å². The lowest BCUT2D eigenvalue weighted by Crippen LogP contribution is -2.10. The summed E-state index contributed by atoms with van der Waals surface area (Å²) in [6, 6.07) is 3.21. The molecule has 0 aliphatic heterocycles. The normalized spacial score (nSPS) is 11.5. The summed E-state index contributed by atoms with van der Waals surface area (Å²) >= 11 is 0. The summed E-state index contributed by atoms with van der Waals surface area (Å²) in [4.78, 5) is 23.4. The van der Waals surface area contributed by atoms with Gasteiger partial charge in [-0.15, -0.1) is 0 Å². The molecule has 0 unspecified atom stereocenters. The Bertz CT molecular complexity index is 652. The van der Waals surface area contributed by atoms with Crippen LogP contribution >= 0.6 is 0 Å². The maximum atomic E-state index is 11.7. The third-order valence-electron chi connectivity index (χ3n) is 4.01. The maximum Gasteiger partial charge on any atom is 0.266 e. The van der Waals surface area contributed by atoms with Crippen LogP contribution in [-0.2, 0) is 14.1 Å². The second-order valence-corrected chi connectivity index (χ2v) is 5.76. The lowest BCUT2D eigenvalue weighted by atomic mass is 9.94. The van der Waals surface area contributed by atoms with Gasteiger partial charge in [0.15, 0.2) is 0 Å². The van der Waals surface area contributed by atoms with Crippen molar-refractivity contribution < 1.29 is 0 Å². The topological polar surface area (TPSA) is 102 Å². The monoisotopic (exact) mass is 307 g/mol. The Kier molecular flexibility index (Phi) is 5.43. The molecule has 0 fully saturated rings. The number of nitrogens with two attached hydrogens (primary N) is 1. The highest BCUT2D eigenvalue weighted by molar-refractivity contribution is 5.20. The number of rotatable bonds is 8. The molecule has 0 aliphatic carbocycles. The van der Waals surface area contributed by atoms with Crippen molar-refractivity contribution in [3.8, 4) is 0 Å². The third-order valence-corrected chi connectivity index (χ3v) is 4.01. The Morgan fingerprint density at radius 2 is 1.45 bits per heavy atom. The minimum absolute atomic E-state index is 0.000626. The fraction of sp³-hybridized carbons (Fsp3) is 0.600. The first kappa shape index (κ1) is 16.4. The lowest BCUT2D eigenvalue weighted by molar-refractivity contribution is 0.562. The number of aromatic nitrogens is 4. The number of nitrogens with zero attached hydrogens (tertiary/aromatic N) is 2. The zero-order chi connectivity index (χ0) is 16.1. The van der Waals surface area contributed by atoms with Gasteiger partial charge in [0, 0.05) is 43.5 Å². The van der Waals surface area contributed by atoms with Gasteiger partial charge in [-0.05, 0) is 19.4 Å². The maximum absolute atomic E-state index is 11.7. The summed E-state index contributed by atoms with van der Waals surface area (Å²) in [6.07, 6.45) is 5.15. The molecule has 0 radical (unpaired) electrons. The summed E-state index contributed by atoms with van der Waals surface area (Å²) in [5, 5.41) is 6.15. The molecule has 2 aromatic rings. The van der Waals surface area contributed by atoms with Crippen LogP contribution < -0.4 is 16.9 Å². The van der Waals surface area contributed by atoms with Crippen molar-refractivity contribution in [1.82, 2.24) is 19.6 Å². The van der Waals surface area contributed by atoms with Crippen LogP contribution in [0.15, 0.2) is 21.7 Å². The van der Waals surface area contributed by atoms with E-state index in [1.54, 1.807) is 26.2 Å². The molecule has 0 amide bonds. The van der Waals surface area contributed by atoms with E-state index in [1.807, 2.05) is 0 Å². The van der Waals surface area contributed by atoms with Gasteiger partial charge in [0.2, 0.25) is 0 Å². The minimum Gasteiger partial charge on any atom is -0.330 e. The Morgan fingerprint density at radius 3 is 1.86 bits per heavy atom. The summed E-state index contributed by atoms with van der Waals surface area (Å²) in [7, 11) is 3.38.